The molecule has 4 nitrogen and oxygen atoms in total. The molecule has 0 unspecified atom stereocenters. The number of benzene rings is 1. The van der Waals surface area contributed by atoms with Gasteiger partial charge in [0.15, 0.2) is 0 Å². The highest BCUT2D eigenvalue weighted by Gasteiger charge is 2.17. The van der Waals surface area contributed by atoms with Crippen LogP contribution in [0.15, 0.2) is 23.8 Å². The third kappa shape index (κ3) is 4.47. The minimum absolute atomic E-state index is 0.0198. The highest BCUT2D eigenvalue weighted by atomic mass is 35.5. The van der Waals surface area contributed by atoms with Crippen LogP contribution in [0.2, 0.25) is 10.0 Å². The molecule has 0 bridgehead atoms. The fraction of sp³-hybridized carbons (Fsp3) is 0.333. The van der Waals surface area contributed by atoms with E-state index in [-0.39, 0.29) is 11.7 Å². The number of nitrogens with zero attached hydrogens (tertiary/aromatic N) is 1. The summed E-state index contributed by atoms with van der Waals surface area (Å²) >= 11 is 11.7. The number of amides is 1. The highest BCUT2D eigenvalue weighted by Crippen LogP contribution is 2.23. The van der Waals surface area contributed by atoms with Crippen LogP contribution in [0, 0.1) is 11.3 Å². The number of halogens is 2. The van der Waals surface area contributed by atoms with Crippen LogP contribution in [-0.4, -0.2) is 25.2 Å². The first kappa shape index (κ1) is 15.8. The lowest BCUT2D eigenvalue weighted by Crippen LogP contribution is -2.32. The standard InChI is InChI=1S/C15H14Cl2N2O2/c16-13-4-3-10(7-14(13)17)6-11(8-18)15(20)19-9-12-2-1-5-21-12/h3-4,6-7,12H,1-2,5,9H2,(H,19,20)/b11-6-/t12-/m0/s1. The van der Waals surface area contributed by atoms with Gasteiger partial charge in [-0.2, -0.15) is 5.26 Å². The summed E-state index contributed by atoms with van der Waals surface area (Å²) in [6.07, 6.45) is 3.45. The van der Waals surface area contributed by atoms with E-state index in [1.165, 1.54) is 6.08 Å². The molecule has 2 rings (SSSR count). The summed E-state index contributed by atoms with van der Waals surface area (Å²) in [5.74, 6) is -0.418. The Balaban J connectivity index is 2.03. The van der Waals surface area contributed by atoms with Gasteiger partial charge in [-0.05, 0) is 36.6 Å². The molecule has 0 radical (unpaired) electrons. The van der Waals surface area contributed by atoms with Gasteiger partial charge in [-0.25, -0.2) is 0 Å². The first-order valence-corrected chi connectivity index (χ1v) is 7.32. The molecule has 1 aliphatic rings. The van der Waals surface area contributed by atoms with Crippen LogP contribution in [0.3, 0.4) is 0 Å². The molecule has 1 atom stereocenters. The van der Waals surface area contributed by atoms with Crippen LogP contribution in [0.5, 0.6) is 0 Å². The van der Waals surface area contributed by atoms with Gasteiger partial charge in [0.25, 0.3) is 5.91 Å². The summed E-state index contributed by atoms with van der Waals surface area (Å²) in [6.45, 7) is 1.14. The SMILES string of the molecule is N#C/C(=C/c1ccc(Cl)c(Cl)c1)C(=O)NC[C@@H]1CCCO1. The molecule has 0 saturated carbocycles. The maximum Gasteiger partial charge on any atom is 0.262 e. The number of nitriles is 1. The fourth-order valence-electron chi connectivity index (χ4n) is 2.02. The monoisotopic (exact) mass is 324 g/mol. The Labute approximate surface area is 133 Å². The van der Waals surface area contributed by atoms with Gasteiger partial charge in [0.05, 0.1) is 16.1 Å². The second kappa shape index (κ2) is 7.46. The van der Waals surface area contributed by atoms with Crippen molar-refractivity contribution in [3.05, 3.63) is 39.4 Å². The zero-order chi connectivity index (χ0) is 15.2. The molecule has 1 fully saturated rings. The Morgan fingerprint density at radius 1 is 1.48 bits per heavy atom. The predicted molar refractivity (Wildman–Crippen MR) is 82.0 cm³/mol. The van der Waals surface area contributed by atoms with Gasteiger partial charge >= 0.3 is 0 Å². The van der Waals surface area contributed by atoms with Crippen LogP contribution in [0.1, 0.15) is 18.4 Å². The predicted octanol–water partition coefficient (Wildman–Crippen LogP) is 3.20. The molecule has 6 heteroatoms. The van der Waals surface area contributed by atoms with Crippen molar-refractivity contribution < 1.29 is 9.53 Å². The summed E-state index contributed by atoms with van der Waals surface area (Å²) in [4.78, 5) is 12.0. The maximum atomic E-state index is 12.0. The topological polar surface area (TPSA) is 62.1 Å². The number of nitrogens with one attached hydrogen (secondary N) is 1. The van der Waals surface area contributed by atoms with Crippen molar-refractivity contribution in [1.29, 1.82) is 5.26 Å². The molecular formula is C15H14Cl2N2O2. The number of carbonyl (C=O) groups is 1. The molecule has 1 amide bonds. The third-order valence-corrected chi connectivity index (χ3v) is 3.87. The van der Waals surface area contributed by atoms with Gasteiger partial charge < -0.3 is 10.1 Å². The molecule has 1 aromatic carbocycles. The molecule has 1 aromatic rings. The minimum atomic E-state index is -0.418. The molecule has 21 heavy (non-hydrogen) atoms. The van der Waals surface area contributed by atoms with Crippen molar-refractivity contribution in [3.8, 4) is 6.07 Å². The van der Waals surface area contributed by atoms with Crippen LogP contribution < -0.4 is 5.32 Å². The smallest absolute Gasteiger partial charge is 0.262 e. The van der Waals surface area contributed by atoms with Gasteiger partial charge in [0, 0.05) is 13.2 Å². The van der Waals surface area contributed by atoms with E-state index >= 15 is 0 Å². The van der Waals surface area contributed by atoms with E-state index in [0.717, 1.165) is 19.4 Å². The molecule has 1 N–H and O–H groups in total. The van der Waals surface area contributed by atoms with Crippen molar-refractivity contribution in [2.75, 3.05) is 13.2 Å². The van der Waals surface area contributed by atoms with Crippen LogP contribution in [0.25, 0.3) is 6.08 Å². The van der Waals surface area contributed by atoms with Gasteiger partial charge in [-0.15, -0.1) is 0 Å². The second-order valence-electron chi connectivity index (χ2n) is 4.69. The zero-order valence-corrected chi connectivity index (χ0v) is 12.7. The molecule has 1 saturated heterocycles. The molecule has 0 spiro atoms. The van der Waals surface area contributed by atoms with E-state index in [0.29, 0.717) is 22.2 Å². The summed E-state index contributed by atoms with van der Waals surface area (Å²) in [7, 11) is 0. The van der Waals surface area contributed by atoms with Crippen molar-refractivity contribution >= 4 is 35.2 Å². The highest BCUT2D eigenvalue weighted by molar-refractivity contribution is 6.42. The van der Waals surface area contributed by atoms with Gasteiger partial charge in [0.1, 0.15) is 11.6 Å². The number of hydrogen-bond acceptors (Lipinski definition) is 3. The summed E-state index contributed by atoms with van der Waals surface area (Å²) in [5, 5.41) is 12.6. The van der Waals surface area contributed by atoms with Crippen LogP contribution >= 0.6 is 23.2 Å². The minimum Gasteiger partial charge on any atom is -0.376 e. The van der Waals surface area contributed by atoms with E-state index in [4.69, 9.17) is 33.2 Å². The Bertz CT molecular complexity index is 602. The Hall–Kier alpha value is -1.54. The van der Waals surface area contributed by atoms with Gasteiger partial charge in [-0.1, -0.05) is 29.3 Å². The molecule has 0 aromatic heterocycles. The Morgan fingerprint density at radius 3 is 2.90 bits per heavy atom. The van der Waals surface area contributed by atoms with Crippen molar-refractivity contribution in [3.63, 3.8) is 0 Å². The lowest BCUT2D eigenvalue weighted by molar-refractivity contribution is -0.117. The fourth-order valence-corrected chi connectivity index (χ4v) is 2.33. The van der Waals surface area contributed by atoms with E-state index in [2.05, 4.69) is 5.32 Å². The van der Waals surface area contributed by atoms with E-state index in [1.807, 2.05) is 6.07 Å². The lowest BCUT2D eigenvalue weighted by Gasteiger charge is -2.10. The largest absolute Gasteiger partial charge is 0.376 e. The number of carbonyl (C=O) groups excluding carboxylic acids is 1. The van der Waals surface area contributed by atoms with Gasteiger partial charge in [0.2, 0.25) is 0 Å². The molecule has 0 aliphatic carbocycles. The average molecular weight is 325 g/mol. The molecule has 1 heterocycles. The molecule has 1 aliphatic heterocycles. The normalized spacial score (nSPS) is 18.3. The second-order valence-corrected chi connectivity index (χ2v) is 5.50. The van der Waals surface area contributed by atoms with E-state index in [1.54, 1.807) is 18.2 Å². The van der Waals surface area contributed by atoms with Crippen molar-refractivity contribution in [1.82, 2.24) is 5.32 Å². The average Bonchev–Trinajstić information content (AvgIpc) is 2.99. The van der Waals surface area contributed by atoms with Crippen LogP contribution in [-0.2, 0) is 9.53 Å². The summed E-state index contributed by atoms with van der Waals surface area (Å²) in [5.41, 5.74) is 0.666. The molecule has 110 valence electrons. The lowest BCUT2D eigenvalue weighted by atomic mass is 10.1. The third-order valence-electron chi connectivity index (χ3n) is 3.13. The van der Waals surface area contributed by atoms with Crippen molar-refractivity contribution in [2.24, 2.45) is 0 Å². The van der Waals surface area contributed by atoms with E-state index < -0.39 is 5.91 Å². The number of rotatable bonds is 4. The van der Waals surface area contributed by atoms with Gasteiger partial charge in [-0.3, -0.25) is 4.79 Å². The zero-order valence-electron chi connectivity index (χ0n) is 11.2. The summed E-state index contributed by atoms with van der Waals surface area (Å²) in [6, 6.07) is 6.81. The number of ether oxygens (including phenoxy) is 1. The summed E-state index contributed by atoms with van der Waals surface area (Å²) < 4.78 is 5.41. The molecular weight excluding hydrogens is 311 g/mol. The van der Waals surface area contributed by atoms with Crippen LogP contribution in [0.4, 0.5) is 0 Å². The van der Waals surface area contributed by atoms with Crippen molar-refractivity contribution in [2.45, 2.75) is 18.9 Å². The first-order valence-electron chi connectivity index (χ1n) is 6.57. The first-order chi connectivity index (χ1) is 10.1. The number of hydrogen-bond donors (Lipinski definition) is 1. The quantitative estimate of drug-likeness (QED) is 0.683. The maximum absolute atomic E-state index is 12.0. The van der Waals surface area contributed by atoms with E-state index in [9.17, 15) is 4.79 Å². The Morgan fingerprint density at radius 2 is 2.29 bits per heavy atom. The Kier molecular flexibility index (Phi) is 5.63.